The third kappa shape index (κ3) is 3.37. The molecule has 0 fully saturated rings. The molecule has 0 aliphatic rings. The van der Waals surface area contributed by atoms with Crippen LogP contribution in [0.5, 0.6) is 5.75 Å². The van der Waals surface area contributed by atoms with Crippen molar-refractivity contribution in [1.82, 2.24) is 20.2 Å². The van der Waals surface area contributed by atoms with Gasteiger partial charge in [-0.25, -0.2) is 9.37 Å². The number of benzene rings is 1. The van der Waals surface area contributed by atoms with Crippen LogP contribution in [0.15, 0.2) is 47.0 Å². The van der Waals surface area contributed by atoms with Crippen LogP contribution in [0.1, 0.15) is 18.4 Å². The molecule has 0 aliphatic heterocycles. The number of aromatic hydroxyl groups is 1. The van der Waals surface area contributed by atoms with Gasteiger partial charge in [-0.2, -0.15) is 0 Å². The minimum atomic E-state index is -0.335. The molecular formula is C19H14FN5O3. The number of carbonyl (C=O) groups excluding carboxylic acids is 1. The molecule has 0 bridgehead atoms. The highest BCUT2D eigenvalue weighted by Crippen LogP contribution is 2.36. The van der Waals surface area contributed by atoms with Crippen LogP contribution in [-0.4, -0.2) is 31.2 Å². The van der Waals surface area contributed by atoms with E-state index in [9.17, 15) is 14.3 Å². The van der Waals surface area contributed by atoms with Crippen LogP contribution in [0.3, 0.4) is 0 Å². The van der Waals surface area contributed by atoms with Crippen molar-refractivity contribution in [2.24, 2.45) is 0 Å². The van der Waals surface area contributed by atoms with Crippen molar-refractivity contribution in [1.29, 1.82) is 0 Å². The number of fused-ring (bicyclic) bond motifs is 1. The Morgan fingerprint density at radius 1 is 1.21 bits per heavy atom. The summed E-state index contributed by atoms with van der Waals surface area (Å²) in [5.41, 5.74) is 1.04. The second-order valence-corrected chi connectivity index (χ2v) is 6.04. The summed E-state index contributed by atoms with van der Waals surface area (Å²) < 4.78 is 18.6. The molecule has 3 aromatic heterocycles. The lowest BCUT2D eigenvalue weighted by Gasteiger charge is -2.09. The minimum absolute atomic E-state index is 0.00723. The lowest BCUT2D eigenvalue weighted by Crippen LogP contribution is -2.09. The van der Waals surface area contributed by atoms with E-state index in [1.165, 1.54) is 25.3 Å². The average Bonchev–Trinajstić information content (AvgIpc) is 3.14. The summed E-state index contributed by atoms with van der Waals surface area (Å²) in [5.74, 6) is -0.419. The molecule has 9 heteroatoms. The largest absolute Gasteiger partial charge is 0.504 e. The summed E-state index contributed by atoms with van der Waals surface area (Å²) in [4.78, 5) is 19.9. The van der Waals surface area contributed by atoms with E-state index in [-0.39, 0.29) is 46.3 Å². The molecule has 0 aliphatic carbocycles. The maximum absolute atomic E-state index is 13.0. The molecule has 3 heterocycles. The Kier molecular flexibility index (Phi) is 4.40. The molecule has 140 valence electrons. The van der Waals surface area contributed by atoms with Crippen molar-refractivity contribution in [3.63, 3.8) is 0 Å². The highest BCUT2D eigenvalue weighted by molar-refractivity contribution is 6.02. The second-order valence-electron chi connectivity index (χ2n) is 6.04. The molecule has 8 nitrogen and oxygen atoms in total. The topological polar surface area (TPSA) is 114 Å². The molecule has 4 rings (SSSR count). The van der Waals surface area contributed by atoms with Crippen LogP contribution in [-0.2, 0) is 11.2 Å². The summed E-state index contributed by atoms with van der Waals surface area (Å²) >= 11 is 0. The Hall–Kier alpha value is -3.88. The van der Waals surface area contributed by atoms with Gasteiger partial charge < -0.3 is 14.8 Å². The van der Waals surface area contributed by atoms with Gasteiger partial charge in [-0.3, -0.25) is 9.78 Å². The molecule has 0 atom stereocenters. The average molecular weight is 379 g/mol. The summed E-state index contributed by atoms with van der Waals surface area (Å²) in [6.07, 6.45) is 1.80. The van der Waals surface area contributed by atoms with E-state index in [0.717, 1.165) is 5.56 Å². The van der Waals surface area contributed by atoms with Gasteiger partial charge in [0.1, 0.15) is 17.2 Å². The zero-order valence-electron chi connectivity index (χ0n) is 14.7. The van der Waals surface area contributed by atoms with E-state index >= 15 is 0 Å². The van der Waals surface area contributed by atoms with Crippen LogP contribution in [0, 0.1) is 5.82 Å². The molecule has 1 aromatic carbocycles. The first-order valence-corrected chi connectivity index (χ1v) is 8.34. The first-order valence-electron chi connectivity index (χ1n) is 8.34. The number of rotatable bonds is 4. The van der Waals surface area contributed by atoms with E-state index < -0.39 is 0 Å². The fourth-order valence-corrected chi connectivity index (χ4v) is 2.73. The number of amides is 1. The molecule has 2 N–H and O–H groups in total. The summed E-state index contributed by atoms with van der Waals surface area (Å²) in [6.45, 7) is 1.35. The number of nitrogens with zero attached hydrogens (tertiary/aromatic N) is 4. The molecule has 28 heavy (non-hydrogen) atoms. The van der Waals surface area contributed by atoms with Gasteiger partial charge in [0, 0.05) is 18.5 Å². The monoisotopic (exact) mass is 379 g/mol. The number of anilines is 1. The normalized spacial score (nSPS) is 10.9. The predicted molar refractivity (Wildman–Crippen MR) is 98.0 cm³/mol. The number of carbonyl (C=O) groups is 1. The Balaban J connectivity index is 1.74. The van der Waals surface area contributed by atoms with Crippen molar-refractivity contribution in [3.8, 4) is 17.3 Å². The Bertz CT molecular complexity index is 1170. The highest BCUT2D eigenvalue weighted by atomic mass is 19.1. The maximum atomic E-state index is 13.0. The zero-order valence-corrected chi connectivity index (χ0v) is 14.7. The number of halogens is 1. The van der Waals surface area contributed by atoms with E-state index in [0.29, 0.717) is 11.8 Å². The van der Waals surface area contributed by atoms with Gasteiger partial charge in [0.25, 0.3) is 5.89 Å². The van der Waals surface area contributed by atoms with Crippen molar-refractivity contribution in [2.75, 3.05) is 5.32 Å². The van der Waals surface area contributed by atoms with Gasteiger partial charge in [-0.05, 0) is 29.8 Å². The number of pyridine rings is 2. The number of hydrogen-bond donors (Lipinski definition) is 2. The molecular weight excluding hydrogens is 365 g/mol. The minimum Gasteiger partial charge on any atom is -0.504 e. The molecule has 0 unspecified atom stereocenters. The van der Waals surface area contributed by atoms with Crippen molar-refractivity contribution >= 4 is 22.6 Å². The third-order valence-corrected chi connectivity index (χ3v) is 3.97. The van der Waals surface area contributed by atoms with Crippen molar-refractivity contribution < 1.29 is 18.7 Å². The molecule has 1 amide bonds. The molecule has 4 aromatic rings. The Morgan fingerprint density at radius 2 is 2.00 bits per heavy atom. The van der Waals surface area contributed by atoms with Gasteiger partial charge in [0.15, 0.2) is 11.4 Å². The van der Waals surface area contributed by atoms with Crippen LogP contribution < -0.4 is 5.32 Å². The lowest BCUT2D eigenvalue weighted by atomic mass is 10.1. The van der Waals surface area contributed by atoms with Crippen molar-refractivity contribution in [2.45, 2.75) is 13.3 Å². The number of aromatic nitrogens is 4. The summed E-state index contributed by atoms with van der Waals surface area (Å²) in [5, 5.41) is 21.6. The van der Waals surface area contributed by atoms with Crippen LogP contribution >= 0.6 is 0 Å². The first-order chi connectivity index (χ1) is 13.5. The van der Waals surface area contributed by atoms with Crippen LogP contribution in [0.4, 0.5) is 10.2 Å². The van der Waals surface area contributed by atoms with Gasteiger partial charge in [-0.15, -0.1) is 10.2 Å². The SMILES string of the molecule is CC(=O)Nc1nc(-c2nnc(Cc3ccc(F)cc3)o2)c(O)c2ncccc12. The summed E-state index contributed by atoms with van der Waals surface area (Å²) in [7, 11) is 0. The van der Waals surface area contributed by atoms with Crippen LogP contribution in [0.2, 0.25) is 0 Å². The van der Waals surface area contributed by atoms with E-state index in [1.807, 2.05) is 0 Å². The first kappa shape index (κ1) is 17.5. The third-order valence-electron chi connectivity index (χ3n) is 3.97. The van der Waals surface area contributed by atoms with Crippen molar-refractivity contribution in [3.05, 3.63) is 59.9 Å². The van der Waals surface area contributed by atoms with Gasteiger partial charge in [0.05, 0.1) is 6.42 Å². The lowest BCUT2D eigenvalue weighted by molar-refractivity contribution is -0.114. The number of hydrogen-bond acceptors (Lipinski definition) is 7. The molecule has 0 saturated carbocycles. The van der Waals surface area contributed by atoms with Crippen LogP contribution in [0.25, 0.3) is 22.5 Å². The molecule has 0 radical (unpaired) electrons. The molecule has 0 saturated heterocycles. The van der Waals surface area contributed by atoms with E-state index in [2.05, 4.69) is 25.5 Å². The Labute approximate surface area is 158 Å². The van der Waals surface area contributed by atoms with E-state index in [4.69, 9.17) is 4.42 Å². The predicted octanol–water partition coefficient (Wildman–Crippen LogP) is 3.07. The van der Waals surface area contributed by atoms with Gasteiger partial charge in [0.2, 0.25) is 11.8 Å². The fourth-order valence-electron chi connectivity index (χ4n) is 2.73. The smallest absolute Gasteiger partial charge is 0.270 e. The Morgan fingerprint density at radius 3 is 2.75 bits per heavy atom. The van der Waals surface area contributed by atoms with Gasteiger partial charge >= 0.3 is 0 Å². The summed E-state index contributed by atoms with van der Waals surface area (Å²) in [6, 6.07) is 9.26. The number of nitrogens with one attached hydrogen (secondary N) is 1. The standard InChI is InChI=1S/C19H14FN5O3/c1-10(26)22-18-13-3-2-8-21-15(13)17(27)16(23-18)19-25-24-14(28-19)9-11-4-6-12(20)7-5-11/h2-8,27H,9H2,1H3,(H,22,23,26). The maximum Gasteiger partial charge on any atom is 0.270 e. The quantitative estimate of drug-likeness (QED) is 0.560. The van der Waals surface area contributed by atoms with Gasteiger partial charge in [-0.1, -0.05) is 12.1 Å². The molecule has 0 spiro atoms. The second kappa shape index (κ2) is 7.03. The van der Waals surface area contributed by atoms with E-state index in [1.54, 1.807) is 24.3 Å². The fraction of sp³-hybridized carbons (Fsp3) is 0.105. The highest BCUT2D eigenvalue weighted by Gasteiger charge is 2.21. The zero-order chi connectivity index (χ0) is 19.7.